The van der Waals surface area contributed by atoms with E-state index in [9.17, 15) is 14.4 Å². The average molecular weight is 445 g/mol. The maximum atomic E-state index is 12.8. The second kappa shape index (κ2) is 10.9. The molecule has 0 saturated carbocycles. The lowest BCUT2D eigenvalue weighted by molar-refractivity contribution is -0.138. The largest absolute Gasteiger partial charge is 0.490 e. The van der Waals surface area contributed by atoms with Crippen LogP contribution >= 0.6 is 11.8 Å². The normalized spacial score (nSPS) is 15.0. The second-order valence-electron chi connectivity index (χ2n) is 7.39. The molecule has 0 atom stereocenters. The molecule has 1 aromatic carbocycles. The molecule has 1 heterocycles. The van der Waals surface area contributed by atoms with Gasteiger partial charge in [0.25, 0.3) is 11.1 Å². The minimum absolute atomic E-state index is 0.0323. The highest BCUT2D eigenvalue weighted by Gasteiger charge is 2.37. The van der Waals surface area contributed by atoms with E-state index in [1.165, 1.54) is 0 Å². The van der Waals surface area contributed by atoms with Gasteiger partial charge < -0.3 is 14.4 Å². The number of hydrogen-bond donors (Lipinski definition) is 0. The number of terminal acetylenes is 1. The van der Waals surface area contributed by atoms with Gasteiger partial charge in [-0.05, 0) is 70.2 Å². The molecule has 1 aliphatic rings. The van der Waals surface area contributed by atoms with Gasteiger partial charge in [-0.2, -0.15) is 0 Å². The number of carbonyl (C=O) groups excluding carboxylic acids is 3. The molecule has 0 radical (unpaired) electrons. The Bertz CT molecular complexity index is 909. The Morgan fingerprint density at radius 2 is 1.87 bits per heavy atom. The van der Waals surface area contributed by atoms with Crippen molar-refractivity contribution in [2.75, 3.05) is 19.8 Å². The molecule has 1 fully saturated rings. The van der Waals surface area contributed by atoms with Crippen LogP contribution in [0.2, 0.25) is 0 Å². The number of carbonyl (C=O) groups is 3. The standard InChI is InChI=1S/C23H28N2O5S/c1-7-11-30-18-10-9-17(12-19(18)29-8-2)13-20-22(27)24(23(28)31-20)14-21(26)25(15(3)4)16(5)6/h1,9-10,12-13,15-16H,8,11,14H2,2-6H3/b20-13-. The minimum Gasteiger partial charge on any atom is -0.490 e. The Kier molecular flexibility index (Phi) is 8.57. The fourth-order valence-corrected chi connectivity index (χ4v) is 4.14. The van der Waals surface area contributed by atoms with Gasteiger partial charge in [0.05, 0.1) is 11.5 Å². The highest BCUT2D eigenvalue weighted by Crippen LogP contribution is 2.34. The van der Waals surface area contributed by atoms with Crippen LogP contribution in [0.15, 0.2) is 23.1 Å². The van der Waals surface area contributed by atoms with Gasteiger partial charge in [-0.25, -0.2) is 0 Å². The first-order chi connectivity index (χ1) is 14.7. The molecule has 1 aliphatic heterocycles. The number of thioether (sulfide) groups is 1. The molecule has 0 spiro atoms. The highest BCUT2D eigenvalue weighted by atomic mass is 32.2. The van der Waals surface area contributed by atoms with Crippen LogP contribution in [-0.2, 0) is 9.59 Å². The third kappa shape index (κ3) is 6.05. The van der Waals surface area contributed by atoms with Crippen LogP contribution in [0.25, 0.3) is 6.08 Å². The lowest BCUT2D eigenvalue weighted by Gasteiger charge is -2.31. The summed E-state index contributed by atoms with van der Waals surface area (Å²) in [6.45, 7) is 9.71. The first-order valence-electron chi connectivity index (χ1n) is 10.1. The van der Waals surface area contributed by atoms with Gasteiger partial charge in [-0.1, -0.05) is 12.0 Å². The van der Waals surface area contributed by atoms with Gasteiger partial charge in [0.2, 0.25) is 5.91 Å². The summed E-state index contributed by atoms with van der Waals surface area (Å²) in [6, 6.07) is 5.09. The first kappa shape index (κ1) is 24.4. The van der Waals surface area contributed by atoms with Crippen molar-refractivity contribution in [2.24, 2.45) is 0 Å². The zero-order valence-electron chi connectivity index (χ0n) is 18.5. The summed E-state index contributed by atoms with van der Waals surface area (Å²) in [5, 5.41) is -0.462. The quantitative estimate of drug-likeness (QED) is 0.426. The van der Waals surface area contributed by atoms with E-state index in [4.69, 9.17) is 15.9 Å². The van der Waals surface area contributed by atoms with Gasteiger partial charge in [-0.3, -0.25) is 19.3 Å². The highest BCUT2D eigenvalue weighted by molar-refractivity contribution is 8.18. The number of hydrogen-bond acceptors (Lipinski definition) is 6. The summed E-state index contributed by atoms with van der Waals surface area (Å²) in [6.07, 6.45) is 6.84. The number of imide groups is 1. The average Bonchev–Trinajstić information content (AvgIpc) is 2.94. The van der Waals surface area contributed by atoms with E-state index in [-0.39, 0.29) is 36.0 Å². The van der Waals surface area contributed by atoms with Crippen molar-refractivity contribution in [1.82, 2.24) is 9.80 Å². The molecule has 1 aromatic rings. The van der Waals surface area contributed by atoms with Crippen LogP contribution in [0.5, 0.6) is 11.5 Å². The summed E-state index contributed by atoms with van der Waals surface area (Å²) in [5.41, 5.74) is 0.666. The monoisotopic (exact) mass is 444 g/mol. The van der Waals surface area contributed by atoms with Gasteiger partial charge in [0, 0.05) is 12.1 Å². The summed E-state index contributed by atoms with van der Waals surface area (Å²) in [5.74, 6) is 2.64. The maximum Gasteiger partial charge on any atom is 0.294 e. The van der Waals surface area contributed by atoms with Gasteiger partial charge >= 0.3 is 0 Å². The zero-order valence-corrected chi connectivity index (χ0v) is 19.3. The Morgan fingerprint density at radius 3 is 2.45 bits per heavy atom. The van der Waals surface area contributed by atoms with Gasteiger partial charge in [-0.15, -0.1) is 6.42 Å². The Balaban J connectivity index is 2.22. The summed E-state index contributed by atoms with van der Waals surface area (Å²) < 4.78 is 11.1. The fourth-order valence-electron chi connectivity index (χ4n) is 3.30. The molecule has 0 bridgehead atoms. The molecule has 0 aliphatic carbocycles. The smallest absolute Gasteiger partial charge is 0.294 e. The van der Waals surface area contributed by atoms with Crippen LogP contribution in [0.4, 0.5) is 4.79 Å². The molecule has 31 heavy (non-hydrogen) atoms. The molecule has 0 unspecified atom stereocenters. The molecule has 1 saturated heterocycles. The van der Waals surface area contributed by atoms with Crippen molar-refractivity contribution in [1.29, 1.82) is 0 Å². The molecule has 3 amide bonds. The Labute approximate surface area is 187 Å². The number of ether oxygens (including phenoxy) is 2. The lowest BCUT2D eigenvalue weighted by atomic mass is 10.2. The van der Waals surface area contributed by atoms with Crippen molar-refractivity contribution in [2.45, 2.75) is 46.7 Å². The van der Waals surface area contributed by atoms with E-state index in [2.05, 4.69) is 5.92 Å². The number of amides is 3. The third-order valence-corrected chi connectivity index (χ3v) is 5.35. The second-order valence-corrected chi connectivity index (χ2v) is 8.38. The van der Waals surface area contributed by atoms with Crippen molar-refractivity contribution in [3.8, 4) is 23.8 Å². The molecule has 0 aromatic heterocycles. The number of benzene rings is 1. The van der Waals surface area contributed by atoms with Gasteiger partial charge in [0.15, 0.2) is 11.5 Å². The van der Waals surface area contributed by atoms with Crippen molar-refractivity contribution in [3.63, 3.8) is 0 Å². The third-order valence-electron chi connectivity index (χ3n) is 4.44. The lowest BCUT2D eigenvalue weighted by Crippen LogP contribution is -2.48. The molecular weight excluding hydrogens is 416 g/mol. The van der Waals surface area contributed by atoms with E-state index in [0.29, 0.717) is 23.7 Å². The molecule has 2 rings (SSSR count). The predicted molar refractivity (Wildman–Crippen MR) is 122 cm³/mol. The number of nitrogens with zero attached hydrogens (tertiary/aromatic N) is 2. The topological polar surface area (TPSA) is 76.2 Å². The Hall–Kier alpha value is -2.92. The first-order valence-corrected chi connectivity index (χ1v) is 10.9. The number of rotatable bonds is 9. The molecule has 166 valence electrons. The molecule has 8 heteroatoms. The predicted octanol–water partition coefficient (Wildman–Crippen LogP) is 3.78. The zero-order chi connectivity index (χ0) is 23.1. The Morgan fingerprint density at radius 1 is 1.19 bits per heavy atom. The minimum atomic E-state index is -0.485. The van der Waals surface area contributed by atoms with Gasteiger partial charge in [0.1, 0.15) is 13.2 Å². The van der Waals surface area contributed by atoms with E-state index in [0.717, 1.165) is 16.7 Å². The van der Waals surface area contributed by atoms with Crippen molar-refractivity contribution < 1.29 is 23.9 Å². The van der Waals surface area contributed by atoms with Crippen LogP contribution in [0, 0.1) is 12.3 Å². The fraction of sp³-hybridized carbons (Fsp3) is 0.435. The van der Waals surface area contributed by atoms with Crippen molar-refractivity contribution in [3.05, 3.63) is 28.7 Å². The van der Waals surface area contributed by atoms with Crippen LogP contribution in [0.3, 0.4) is 0 Å². The van der Waals surface area contributed by atoms with Crippen molar-refractivity contribution >= 4 is 34.9 Å². The van der Waals surface area contributed by atoms with Crippen LogP contribution in [-0.4, -0.2) is 58.7 Å². The molecule has 0 N–H and O–H groups in total. The van der Waals surface area contributed by atoms with E-state index < -0.39 is 11.1 Å². The summed E-state index contributed by atoms with van der Waals surface area (Å²) in [4.78, 5) is 40.8. The summed E-state index contributed by atoms with van der Waals surface area (Å²) in [7, 11) is 0. The summed E-state index contributed by atoms with van der Waals surface area (Å²) >= 11 is 0.814. The molecule has 7 nitrogen and oxygen atoms in total. The maximum absolute atomic E-state index is 12.8. The molecular formula is C23H28N2O5S. The van der Waals surface area contributed by atoms with E-state index in [1.54, 1.807) is 29.2 Å². The van der Waals surface area contributed by atoms with E-state index in [1.807, 2.05) is 34.6 Å². The van der Waals surface area contributed by atoms with Crippen LogP contribution in [0.1, 0.15) is 40.2 Å². The van der Waals surface area contributed by atoms with Crippen LogP contribution < -0.4 is 9.47 Å². The van der Waals surface area contributed by atoms with E-state index >= 15 is 0 Å². The SMILES string of the molecule is C#CCOc1ccc(/C=C2\SC(=O)N(CC(=O)N(C(C)C)C(C)C)C2=O)cc1OCC.